The Labute approximate surface area is 371 Å². The van der Waals surface area contributed by atoms with Gasteiger partial charge in [-0.1, -0.05) is 64.8 Å². The molecule has 0 spiro atoms. The average Bonchev–Trinajstić information content (AvgIpc) is 3.97. The van der Waals surface area contributed by atoms with Crippen molar-refractivity contribution < 1.29 is 67.4 Å². The van der Waals surface area contributed by atoms with Crippen molar-refractivity contribution in [3.05, 3.63) is 69.4 Å². The van der Waals surface area contributed by atoms with Gasteiger partial charge in [-0.15, -0.1) is 11.3 Å². The fourth-order valence-electron chi connectivity index (χ4n) is 11.0. The van der Waals surface area contributed by atoms with Crippen LogP contribution in [0.5, 0.6) is 0 Å². The Morgan fingerprint density at radius 1 is 0.968 bits per heavy atom. The lowest BCUT2D eigenvalue weighted by Crippen LogP contribution is -2.81. The van der Waals surface area contributed by atoms with Crippen LogP contribution in [0.3, 0.4) is 0 Å². The van der Waals surface area contributed by atoms with Crippen molar-refractivity contribution in [3.8, 4) is 0 Å². The van der Waals surface area contributed by atoms with Crippen molar-refractivity contribution in [1.29, 1.82) is 0 Å². The number of hydrogen-bond acceptors (Lipinski definition) is 15. The SMILES string of the molecule is CC(=O)O[C@@]12CO[C@@H]1C[C@H](C)[C@@]1(C)C(=O)[C@H](OC(=O)C3CCCC3)C3=C(C)[C@@H](OC(=O)[C@H](O)[C@@H](NC(=O)OC(C)C)c4cccs4)C[C@@](O)([C@@H](OC(=O)c4ccccc4)C12)C3(C)C. The van der Waals surface area contributed by atoms with E-state index in [0.29, 0.717) is 17.7 Å². The summed E-state index contributed by atoms with van der Waals surface area (Å²) in [5.74, 6) is -6.21. The standard InChI is InChI=1S/C47H59NO14S/c1-24(2)58-43(55)48-34(31-19-14-20-63-31)35(50)42(54)59-30-22-47(56)39(61-41(53)29-15-10-9-11-16-29)37-45(8,25(3)21-32-46(37,23-57-32)62-27(5)49)38(51)36(33(26(30)4)44(47,6)7)60-40(52)28-17-12-13-18-28/h9-11,14-16,19-20,24-25,28,30,32,34-37,39,50,56H,12-13,17-18,21-23H2,1-8H3,(H,48,55)/t25-,30-,32+,34-,35+,36+,37?,39-,45+,46-,47+/m0/s1. The van der Waals surface area contributed by atoms with E-state index in [1.54, 1.807) is 89.4 Å². The van der Waals surface area contributed by atoms with Crippen molar-refractivity contribution >= 4 is 47.1 Å². The normalized spacial score (nSPS) is 33.3. The number of alkyl carbamates (subject to hydrolysis) is 1. The minimum Gasteiger partial charge on any atom is -0.456 e. The zero-order valence-electron chi connectivity index (χ0n) is 37.0. The van der Waals surface area contributed by atoms with E-state index in [2.05, 4.69) is 5.32 Å². The molecule has 1 saturated heterocycles. The van der Waals surface area contributed by atoms with Crippen LogP contribution in [0.2, 0.25) is 0 Å². The number of amides is 1. The van der Waals surface area contributed by atoms with Gasteiger partial charge < -0.3 is 44.0 Å². The second kappa shape index (κ2) is 17.4. The van der Waals surface area contributed by atoms with E-state index < -0.39 is 125 Å². The number of fused-ring (bicyclic) bond motifs is 5. The van der Waals surface area contributed by atoms with Gasteiger partial charge in [0.05, 0.1) is 30.1 Å². The summed E-state index contributed by atoms with van der Waals surface area (Å²) in [7, 11) is 0. The van der Waals surface area contributed by atoms with E-state index in [1.165, 1.54) is 18.3 Å². The molecule has 3 N–H and O–H groups in total. The Morgan fingerprint density at radius 2 is 1.65 bits per heavy atom. The van der Waals surface area contributed by atoms with Gasteiger partial charge in [0.15, 0.2) is 23.6 Å². The first kappa shape index (κ1) is 46.4. The number of aliphatic hydroxyl groups excluding tert-OH is 1. The van der Waals surface area contributed by atoms with Crippen LogP contribution >= 0.6 is 11.3 Å². The maximum atomic E-state index is 16.0. The van der Waals surface area contributed by atoms with Gasteiger partial charge in [-0.25, -0.2) is 14.4 Å². The summed E-state index contributed by atoms with van der Waals surface area (Å²) in [5.41, 5.74) is -6.49. The molecule has 1 unspecified atom stereocenters. The molecule has 3 saturated carbocycles. The molecule has 2 aromatic rings. The third-order valence-corrected chi connectivity index (χ3v) is 15.5. The van der Waals surface area contributed by atoms with E-state index in [-0.39, 0.29) is 29.7 Å². The third kappa shape index (κ3) is 7.99. The zero-order valence-corrected chi connectivity index (χ0v) is 37.9. The van der Waals surface area contributed by atoms with Crippen molar-refractivity contribution in [2.24, 2.45) is 28.6 Å². The van der Waals surface area contributed by atoms with Crippen molar-refractivity contribution in [2.45, 2.75) is 148 Å². The van der Waals surface area contributed by atoms with Gasteiger partial charge in [0, 0.05) is 29.1 Å². The number of nitrogens with one attached hydrogen (secondary N) is 1. The number of thiophene rings is 1. The highest BCUT2D eigenvalue weighted by Gasteiger charge is 2.78. The van der Waals surface area contributed by atoms with Crippen LogP contribution in [0, 0.1) is 28.6 Å². The quantitative estimate of drug-likeness (QED) is 0.135. The maximum absolute atomic E-state index is 16.0. The Morgan fingerprint density at radius 3 is 2.24 bits per heavy atom. The van der Waals surface area contributed by atoms with Gasteiger partial charge in [-0.2, -0.15) is 0 Å². The fourth-order valence-corrected chi connectivity index (χ4v) is 11.8. The molecule has 2 heterocycles. The molecule has 5 aliphatic rings. The molecule has 16 heteroatoms. The minimum absolute atomic E-state index is 0.140. The summed E-state index contributed by atoms with van der Waals surface area (Å²) >= 11 is 1.17. The van der Waals surface area contributed by atoms with E-state index in [9.17, 15) is 34.2 Å². The van der Waals surface area contributed by atoms with Gasteiger partial charge in [0.2, 0.25) is 0 Å². The Balaban J connectivity index is 1.41. The molecule has 7 rings (SSSR count). The largest absolute Gasteiger partial charge is 0.456 e. The molecule has 342 valence electrons. The van der Waals surface area contributed by atoms with Crippen LogP contribution < -0.4 is 5.32 Å². The predicted octanol–water partition coefficient (Wildman–Crippen LogP) is 5.95. The van der Waals surface area contributed by atoms with E-state index in [1.807, 2.05) is 6.92 Å². The number of aliphatic hydroxyl groups is 2. The molecule has 4 fully saturated rings. The molecular weight excluding hydrogens is 835 g/mol. The summed E-state index contributed by atoms with van der Waals surface area (Å²) < 4.78 is 36.7. The number of Topliss-reactive ketones (excluding diaryl/α,β-unsaturated/α-hetero) is 1. The highest BCUT2D eigenvalue weighted by molar-refractivity contribution is 7.10. The third-order valence-electron chi connectivity index (χ3n) is 14.6. The molecular formula is C47H59NO14S. The molecule has 4 aliphatic carbocycles. The van der Waals surface area contributed by atoms with Crippen LogP contribution in [0.1, 0.15) is 115 Å². The Kier molecular flexibility index (Phi) is 12.8. The van der Waals surface area contributed by atoms with Gasteiger partial charge in [0.25, 0.3) is 0 Å². The summed E-state index contributed by atoms with van der Waals surface area (Å²) in [6, 6.07) is 10.1. The molecule has 2 bridgehead atoms. The predicted molar refractivity (Wildman–Crippen MR) is 226 cm³/mol. The molecule has 1 aromatic carbocycles. The number of carbonyl (C=O) groups excluding carboxylic acids is 6. The number of esters is 4. The van der Waals surface area contributed by atoms with E-state index >= 15 is 4.79 Å². The second-order valence-corrected chi connectivity index (χ2v) is 19.9. The van der Waals surface area contributed by atoms with Crippen LogP contribution in [0.4, 0.5) is 4.79 Å². The molecule has 0 radical (unpaired) electrons. The van der Waals surface area contributed by atoms with Crippen LogP contribution in [0.15, 0.2) is 59.0 Å². The number of benzene rings is 1. The smallest absolute Gasteiger partial charge is 0.408 e. The monoisotopic (exact) mass is 893 g/mol. The minimum atomic E-state index is -2.27. The average molecular weight is 894 g/mol. The Hall–Kier alpha value is -4.64. The number of carbonyl (C=O) groups is 6. The first-order chi connectivity index (χ1) is 29.7. The fraction of sp³-hybridized carbons (Fsp3) is 0.617. The molecule has 1 aromatic heterocycles. The molecule has 1 amide bonds. The molecule has 63 heavy (non-hydrogen) atoms. The van der Waals surface area contributed by atoms with Gasteiger partial charge in [0.1, 0.15) is 30.0 Å². The number of ketones is 1. The van der Waals surface area contributed by atoms with Crippen LogP contribution in [0.25, 0.3) is 0 Å². The Bertz CT molecular complexity index is 2130. The van der Waals surface area contributed by atoms with Crippen molar-refractivity contribution in [1.82, 2.24) is 5.32 Å². The summed E-state index contributed by atoms with van der Waals surface area (Å²) in [5, 5.41) is 29.8. The molecule has 11 atom stereocenters. The number of ether oxygens (including phenoxy) is 6. The van der Waals surface area contributed by atoms with Gasteiger partial charge in [-0.05, 0) is 80.7 Å². The van der Waals surface area contributed by atoms with E-state index in [4.69, 9.17) is 28.4 Å². The van der Waals surface area contributed by atoms with E-state index in [0.717, 1.165) is 12.8 Å². The van der Waals surface area contributed by atoms with Crippen LogP contribution in [-0.2, 0) is 47.6 Å². The summed E-state index contributed by atoms with van der Waals surface area (Å²) in [4.78, 5) is 85.3. The molecule has 1 aliphatic heterocycles. The number of rotatable bonds is 11. The first-order valence-corrected chi connectivity index (χ1v) is 22.7. The first-order valence-electron chi connectivity index (χ1n) is 21.8. The van der Waals surface area contributed by atoms with Crippen molar-refractivity contribution in [3.63, 3.8) is 0 Å². The lowest BCUT2D eigenvalue weighted by atomic mass is 9.43. The summed E-state index contributed by atoms with van der Waals surface area (Å²) in [6.45, 7) is 12.8. The zero-order chi connectivity index (χ0) is 45.8. The van der Waals surface area contributed by atoms with Crippen molar-refractivity contribution in [2.75, 3.05) is 6.61 Å². The van der Waals surface area contributed by atoms with Crippen LogP contribution in [-0.4, -0.2) is 100 Å². The lowest BCUT2D eigenvalue weighted by molar-refractivity contribution is -0.340. The topological polar surface area (TPSA) is 210 Å². The number of hydrogen-bond donors (Lipinski definition) is 3. The highest BCUT2D eigenvalue weighted by atomic mass is 32.1. The summed E-state index contributed by atoms with van der Waals surface area (Å²) in [6.07, 6.45) is -6.34. The highest BCUT2D eigenvalue weighted by Crippen LogP contribution is 2.65. The maximum Gasteiger partial charge on any atom is 0.408 e. The molecule has 15 nitrogen and oxygen atoms in total. The van der Waals surface area contributed by atoms with Gasteiger partial charge >= 0.3 is 30.0 Å². The van der Waals surface area contributed by atoms with Gasteiger partial charge in [-0.3, -0.25) is 14.4 Å². The second-order valence-electron chi connectivity index (χ2n) is 18.9. The lowest BCUT2D eigenvalue weighted by Gasteiger charge is -2.68.